The molecule has 162 valence electrons. The number of hydrogen-bond donors (Lipinski definition) is 1. The highest BCUT2D eigenvalue weighted by molar-refractivity contribution is 5.81. The number of para-hydroxylation sites is 1. The van der Waals surface area contributed by atoms with Gasteiger partial charge in [-0.25, -0.2) is 9.50 Å². The summed E-state index contributed by atoms with van der Waals surface area (Å²) in [7, 11) is 1.66. The first-order valence-electron chi connectivity index (χ1n) is 11.2. The van der Waals surface area contributed by atoms with E-state index in [1.807, 2.05) is 41.2 Å². The maximum absolute atomic E-state index is 13.0. The topological polar surface area (TPSA) is 71.8 Å². The van der Waals surface area contributed by atoms with Crippen molar-refractivity contribution in [2.24, 2.45) is 5.92 Å². The van der Waals surface area contributed by atoms with Crippen LogP contribution in [0.2, 0.25) is 0 Å². The fourth-order valence-corrected chi connectivity index (χ4v) is 4.94. The zero-order valence-electron chi connectivity index (χ0n) is 18.0. The predicted molar refractivity (Wildman–Crippen MR) is 119 cm³/mol. The molecule has 0 saturated carbocycles. The van der Waals surface area contributed by atoms with E-state index >= 15 is 0 Å². The van der Waals surface area contributed by atoms with E-state index in [0.29, 0.717) is 13.1 Å². The quantitative estimate of drug-likeness (QED) is 0.688. The molecule has 7 nitrogen and oxygen atoms in total. The normalized spacial score (nSPS) is 18.6. The van der Waals surface area contributed by atoms with E-state index in [9.17, 15) is 4.79 Å². The van der Waals surface area contributed by atoms with Crippen LogP contribution in [0.5, 0.6) is 5.75 Å². The van der Waals surface area contributed by atoms with Crippen molar-refractivity contribution in [3.8, 4) is 5.75 Å². The first-order valence-corrected chi connectivity index (χ1v) is 11.2. The number of benzene rings is 1. The Hall–Kier alpha value is -3.09. The molecule has 1 aromatic carbocycles. The molecule has 2 aromatic heterocycles. The minimum Gasteiger partial charge on any atom is -0.496 e. The number of amides is 1. The van der Waals surface area contributed by atoms with Gasteiger partial charge in [0.15, 0.2) is 5.82 Å². The van der Waals surface area contributed by atoms with Crippen LogP contribution >= 0.6 is 0 Å². The van der Waals surface area contributed by atoms with Gasteiger partial charge in [-0.05, 0) is 44.6 Å². The third kappa shape index (κ3) is 3.84. The molecule has 0 radical (unpaired) electrons. The monoisotopic (exact) mass is 419 g/mol. The zero-order chi connectivity index (χ0) is 21.2. The summed E-state index contributed by atoms with van der Waals surface area (Å²) in [5, 5.41) is 7.92. The summed E-state index contributed by atoms with van der Waals surface area (Å²) in [4.78, 5) is 20.0. The Bertz CT molecular complexity index is 1090. The van der Waals surface area contributed by atoms with Crippen molar-refractivity contribution in [1.29, 1.82) is 0 Å². The van der Waals surface area contributed by atoms with Crippen molar-refractivity contribution in [1.82, 2.24) is 19.9 Å². The number of nitrogens with one attached hydrogen (secondary N) is 1. The van der Waals surface area contributed by atoms with E-state index in [1.165, 1.54) is 24.1 Å². The van der Waals surface area contributed by atoms with Gasteiger partial charge in [0, 0.05) is 43.2 Å². The van der Waals surface area contributed by atoms with Gasteiger partial charge in [-0.3, -0.25) is 4.79 Å². The van der Waals surface area contributed by atoms with E-state index < -0.39 is 0 Å². The molecule has 5 rings (SSSR count). The smallest absolute Gasteiger partial charge is 0.225 e. The average molecular weight is 420 g/mol. The van der Waals surface area contributed by atoms with Crippen LogP contribution in [-0.2, 0) is 24.2 Å². The van der Waals surface area contributed by atoms with Gasteiger partial charge < -0.3 is 15.0 Å². The summed E-state index contributed by atoms with van der Waals surface area (Å²) in [5.74, 6) is 1.82. The third-order valence-electron chi connectivity index (χ3n) is 6.54. The van der Waals surface area contributed by atoms with Crippen LogP contribution in [0.15, 0.2) is 36.7 Å². The van der Waals surface area contributed by atoms with Gasteiger partial charge in [0.2, 0.25) is 5.91 Å². The lowest BCUT2D eigenvalue weighted by atomic mass is 9.95. The Morgan fingerprint density at radius 3 is 3.00 bits per heavy atom. The van der Waals surface area contributed by atoms with E-state index in [1.54, 1.807) is 7.11 Å². The van der Waals surface area contributed by atoms with Crippen LogP contribution < -0.4 is 15.0 Å². The molecule has 0 spiro atoms. The number of carbonyl (C=O) groups excluding carboxylic acids is 1. The molecule has 0 bridgehead atoms. The second-order valence-corrected chi connectivity index (χ2v) is 8.49. The first-order chi connectivity index (χ1) is 15.2. The molecular formula is C24H29N5O2. The highest BCUT2D eigenvalue weighted by atomic mass is 16.5. The molecular weight excluding hydrogens is 390 g/mol. The lowest BCUT2D eigenvalue weighted by Crippen LogP contribution is -2.43. The maximum Gasteiger partial charge on any atom is 0.225 e. The first kappa shape index (κ1) is 19.8. The molecule has 1 saturated heterocycles. The Balaban J connectivity index is 1.33. The number of ether oxygens (including phenoxy) is 1. The number of nitrogens with zero attached hydrogens (tertiary/aromatic N) is 4. The molecule has 3 heterocycles. The van der Waals surface area contributed by atoms with Gasteiger partial charge in [-0.1, -0.05) is 18.2 Å². The van der Waals surface area contributed by atoms with Gasteiger partial charge >= 0.3 is 0 Å². The fraction of sp³-hybridized carbons (Fsp3) is 0.458. The number of carbonyl (C=O) groups is 1. The SMILES string of the molecule is COc1ccccc1CNC(=O)[C@H]1CCCN(c2nccn3nc4c(c23)CCCC4)C1. The van der Waals surface area contributed by atoms with Crippen LogP contribution in [0.1, 0.15) is 42.5 Å². The summed E-state index contributed by atoms with van der Waals surface area (Å²) in [6.07, 6.45) is 10.2. The summed E-state index contributed by atoms with van der Waals surface area (Å²) in [6, 6.07) is 7.80. The van der Waals surface area contributed by atoms with Crippen LogP contribution in [0.4, 0.5) is 5.82 Å². The van der Waals surface area contributed by atoms with Crippen LogP contribution in [0, 0.1) is 5.92 Å². The second-order valence-electron chi connectivity index (χ2n) is 8.49. The van der Waals surface area contributed by atoms with Crippen LogP contribution in [0.3, 0.4) is 0 Å². The minimum absolute atomic E-state index is 0.0516. The van der Waals surface area contributed by atoms with Gasteiger partial charge in [0.25, 0.3) is 0 Å². The number of hydrogen-bond acceptors (Lipinski definition) is 5. The van der Waals surface area contributed by atoms with Gasteiger partial charge in [-0.2, -0.15) is 5.10 Å². The van der Waals surface area contributed by atoms with Crippen LogP contribution in [0.25, 0.3) is 5.52 Å². The van der Waals surface area contributed by atoms with Crippen molar-refractivity contribution >= 4 is 17.2 Å². The average Bonchev–Trinajstić information content (AvgIpc) is 3.21. The summed E-state index contributed by atoms with van der Waals surface area (Å²) >= 11 is 0. The number of aryl methyl sites for hydroxylation is 2. The lowest BCUT2D eigenvalue weighted by Gasteiger charge is -2.33. The van der Waals surface area contributed by atoms with Crippen molar-refractivity contribution in [3.63, 3.8) is 0 Å². The summed E-state index contributed by atoms with van der Waals surface area (Å²) in [6.45, 7) is 2.08. The molecule has 1 amide bonds. The van der Waals surface area contributed by atoms with Crippen molar-refractivity contribution in [2.45, 2.75) is 45.1 Å². The highest BCUT2D eigenvalue weighted by Gasteiger charge is 2.29. The fourth-order valence-electron chi connectivity index (χ4n) is 4.94. The number of anilines is 1. The number of rotatable bonds is 5. The molecule has 3 aromatic rings. The van der Waals surface area contributed by atoms with Crippen molar-refractivity contribution in [2.75, 3.05) is 25.1 Å². The largest absolute Gasteiger partial charge is 0.496 e. The van der Waals surface area contributed by atoms with E-state index in [0.717, 1.165) is 54.9 Å². The Morgan fingerprint density at radius 1 is 1.23 bits per heavy atom. The van der Waals surface area contributed by atoms with E-state index in [2.05, 4.69) is 10.2 Å². The Morgan fingerprint density at radius 2 is 2.10 bits per heavy atom. The summed E-state index contributed by atoms with van der Waals surface area (Å²) < 4.78 is 7.39. The Kier molecular flexibility index (Phi) is 5.49. The standard InChI is InChI=1S/C24H29N5O2/c1-31-21-11-5-2-7-17(21)15-26-24(30)18-8-6-13-28(16-18)23-22-19-9-3-4-10-20(19)27-29(22)14-12-25-23/h2,5,7,11-12,14,18H,3-4,6,8-10,13,15-16H2,1H3,(H,26,30)/t18-/m0/s1. The second kappa shape index (κ2) is 8.57. The molecule has 7 heteroatoms. The molecule has 1 fully saturated rings. The number of piperidine rings is 1. The van der Waals surface area contributed by atoms with E-state index in [4.69, 9.17) is 14.8 Å². The van der Waals surface area contributed by atoms with Crippen LogP contribution in [-0.4, -0.2) is 40.7 Å². The third-order valence-corrected chi connectivity index (χ3v) is 6.54. The van der Waals surface area contributed by atoms with E-state index in [-0.39, 0.29) is 11.8 Å². The molecule has 2 aliphatic rings. The highest BCUT2D eigenvalue weighted by Crippen LogP contribution is 2.32. The molecule has 1 aliphatic carbocycles. The molecule has 1 aliphatic heterocycles. The van der Waals surface area contributed by atoms with Crippen molar-refractivity contribution in [3.05, 3.63) is 53.5 Å². The maximum atomic E-state index is 13.0. The zero-order valence-corrected chi connectivity index (χ0v) is 18.0. The number of fused-ring (bicyclic) bond motifs is 3. The number of methoxy groups -OCH3 is 1. The number of aromatic nitrogens is 3. The van der Waals surface area contributed by atoms with Crippen molar-refractivity contribution < 1.29 is 9.53 Å². The molecule has 1 N–H and O–H groups in total. The summed E-state index contributed by atoms with van der Waals surface area (Å²) in [5.41, 5.74) is 4.68. The van der Waals surface area contributed by atoms with Gasteiger partial charge in [-0.15, -0.1) is 0 Å². The lowest BCUT2D eigenvalue weighted by molar-refractivity contribution is -0.125. The molecule has 0 unspecified atom stereocenters. The van der Waals surface area contributed by atoms with Gasteiger partial charge in [0.1, 0.15) is 11.3 Å². The molecule has 1 atom stereocenters. The predicted octanol–water partition coefficient (Wildman–Crippen LogP) is 3.15. The van der Waals surface area contributed by atoms with Gasteiger partial charge in [0.05, 0.1) is 18.7 Å². The molecule has 31 heavy (non-hydrogen) atoms. The minimum atomic E-state index is -0.0516. The Labute approximate surface area is 182 Å².